The summed E-state index contributed by atoms with van der Waals surface area (Å²) < 4.78 is 66.8. The Hall–Kier alpha value is -3.08. The van der Waals surface area contributed by atoms with Gasteiger partial charge in [-0.05, 0) is 113 Å². The number of hydrogen-bond acceptors (Lipinski definition) is 18. The van der Waals surface area contributed by atoms with Gasteiger partial charge in [0.05, 0.1) is 58.9 Å². The van der Waals surface area contributed by atoms with E-state index in [9.17, 15) is 48.8 Å². The van der Waals surface area contributed by atoms with Gasteiger partial charge < -0.3 is 63.8 Å². The van der Waals surface area contributed by atoms with E-state index in [1.807, 2.05) is 43.8 Å². The molecule has 3 saturated heterocycles. The monoisotopic (exact) mass is 1040 g/mol. The highest BCUT2D eigenvalue weighted by molar-refractivity contribution is 7.90. The highest BCUT2D eigenvalue weighted by Gasteiger charge is 2.53. The lowest BCUT2D eigenvalue weighted by atomic mass is 9.77. The standard InChI is InChI=1S/C51H87N5O15S/c1-15-39-51(11,63)43(58)35(7)56(25-19-24-55(23-18-22-52)48(61)53-72(64,65)38-21-17-16-20-31(38)3)29-30(2)27-49(9,62)45(71-47-41(57)37(54(12)13)26-32(4)67-47)33(5)42(34(6)46(60)69-39)70-40-28-50(10,66-14)44(59)36(8)68-40/h16-17,20-21,30,32-37,39-45,47,57-59,62-63H,15,18-19,23-29H2,1-14H3,(H,53,61)/t30-,32+,33-,34-,35-,36-,37+,39-,40?,41+,42+,43-,44-,45-,47-,49-,50+,51-/m1/s1. The number of carbonyl (C=O) groups excluding carboxylic acids is 2. The predicted octanol–water partition coefficient (Wildman–Crippen LogP) is 3.28. The van der Waals surface area contributed by atoms with Crippen molar-refractivity contribution in [2.24, 2.45) is 17.8 Å². The molecule has 0 saturated carbocycles. The Morgan fingerprint density at radius 3 is 2.24 bits per heavy atom. The number of aliphatic hydroxyl groups is 5. The van der Waals surface area contributed by atoms with Crippen LogP contribution in [0.1, 0.15) is 113 Å². The quantitative estimate of drug-likeness (QED) is 0.138. The number of nitriles is 1. The number of urea groups is 1. The van der Waals surface area contributed by atoms with Crippen LogP contribution in [0.4, 0.5) is 4.79 Å². The number of esters is 1. The number of ether oxygens (including phenoxy) is 6. The van der Waals surface area contributed by atoms with Crippen LogP contribution in [-0.2, 0) is 43.2 Å². The Kier molecular flexibility index (Phi) is 21.9. The molecule has 4 rings (SSSR count). The van der Waals surface area contributed by atoms with Crippen molar-refractivity contribution in [3.8, 4) is 6.07 Å². The highest BCUT2D eigenvalue weighted by atomic mass is 32.2. The first-order valence-electron chi connectivity index (χ1n) is 25.5. The van der Waals surface area contributed by atoms with Crippen LogP contribution >= 0.6 is 0 Å². The molecule has 72 heavy (non-hydrogen) atoms. The van der Waals surface area contributed by atoms with E-state index in [0.717, 1.165) is 0 Å². The van der Waals surface area contributed by atoms with Crippen molar-refractivity contribution in [3.63, 3.8) is 0 Å². The van der Waals surface area contributed by atoms with Crippen molar-refractivity contribution >= 4 is 22.0 Å². The number of hydrogen-bond donors (Lipinski definition) is 6. The molecule has 0 spiro atoms. The minimum absolute atomic E-state index is 0.00255. The number of aryl methyl sites for hydroxylation is 1. The van der Waals surface area contributed by atoms with Gasteiger partial charge >= 0.3 is 12.0 Å². The fraction of sp³-hybridized carbons (Fsp3) is 0.824. The van der Waals surface area contributed by atoms with E-state index in [-0.39, 0.29) is 75.3 Å². The maximum absolute atomic E-state index is 14.6. The smallest absolute Gasteiger partial charge is 0.331 e. The van der Waals surface area contributed by atoms with Gasteiger partial charge in [0.2, 0.25) is 0 Å². The second kappa shape index (κ2) is 25.6. The van der Waals surface area contributed by atoms with Crippen LogP contribution in [-0.4, -0.2) is 198 Å². The normalized spacial score (nSPS) is 39.0. The van der Waals surface area contributed by atoms with Gasteiger partial charge in [0.15, 0.2) is 12.6 Å². The molecular weight excluding hydrogens is 955 g/mol. The van der Waals surface area contributed by atoms with Crippen molar-refractivity contribution in [2.45, 2.75) is 210 Å². The maximum Gasteiger partial charge on any atom is 0.331 e. The van der Waals surface area contributed by atoms with Gasteiger partial charge in [0, 0.05) is 57.7 Å². The first-order valence-corrected chi connectivity index (χ1v) is 27.0. The van der Waals surface area contributed by atoms with E-state index >= 15 is 0 Å². The summed E-state index contributed by atoms with van der Waals surface area (Å²) in [6.07, 6.45) is -9.76. The Morgan fingerprint density at radius 2 is 1.64 bits per heavy atom. The summed E-state index contributed by atoms with van der Waals surface area (Å²) in [7, 11) is 0.906. The minimum atomic E-state index is -4.27. The number of sulfonamides is 1. The van der Waals surface area contributed by atoms with Gasteiger partial charge in [-0.3, -0.25) is 9.69 Å². The molecule has 0 bridgehead atoms. The van der Waals surface area contributed by atoms with Crippen LogP contribution in [0.3, 0.4) is 0 Å². The zero-order valence-electron chi connectivity index (χ0n) is 45.1. The first-order chi connectivity index (χ1) is 33.5. The molecule has 2 amide bonds. The number of methoxy groups -OCH3 is 1. The third-order valence-electron chi connectivity index (χ3n) is 15.3. The summed E-state index contributed by atoms with van der Waals surface area (Å²) in [6, 6.07) is 6.14. The van der Waals surface area contributed by atoms with Crippen molar-refractivity contribution in [2.75, 3.05) is 47.4 Å². The summed E-state index contributed by atoms with van der Waals surface area (Å²) >= 11 is 0. The summed E-state index contributed by atoms with van der Waals surface area (Å²) in [4.78, 5) is 33.2. The second-order valence-corrected chi connectivity index (χ2v) is 23.3. The molecular formula is C51H87N5O15S. The average Bonchev–Trinajstić information content (AvgIpc) is 3.30. The first kappa shape index (κ1) is 61.5. The van der Waals surface area contributed by atoms with Crippen molar-refractivity contribution in [1.82, 2.24) is 19.4 Å². The number of carbonyl (C=O) groups is 2. The van der Waals surface area contributed by atoms with Crippen LogP contribution in [0.25, 0.3) is 0 Å². The topological polar surface area (TPSA) is 270 Å². The maximum atomic E-state index is 14.6. The summed E-state index contributed by atoms with van der Waals surface area (Å²) in [5.41, 5.74) is -4.44. The number of nitrogens with zero attached hydrogens (tertiary/aromatic N) is 4. The molecule has 6 N–H and O–H groups in total. The zero-order valence-corrected chi connectivity index (χ0v) is 45.9. The van der Waals surface area contributed by atoms with Crippen LogP contribution in [0.5, 0.6) is 0 Å². The molecule has 18 atom stereocenters. The summed E-state index contributed by atoms with van der Waals surface area (Å²) in [5.74, 6) is -3.19. The fourth-order valence-electron chi connectivity index (χ4n) is 11.0. The summed E-state index contributed by atoms with van der Waals surface area (Å²) in [6.45, 7) is 18.9. The number of cyclic esters (lactones) is 1. The Morgan fingerprint density at radius 1 is 0.986 bits per heavy atom. The second-order valence-electron chi connectivity index (χ2n) is 21.6. The molecule has 3 fully saturated rings. The van der Waals surface area contributed by atoms with E-state index in [4.69, 9.17) is 28.4 Å². The van der Waals surface area contributed by atoms with Gasteiger partial charge in [0.1, 0.15) is 30.0 Å². The van der Waals surface area contributed by atoms with Gasteiger partial charge in [0.25, 0.3) is 10.0 Å². The number of nitrogens with one attached hydrogen (secondary N) is 1. The van der Waals surface area contributed by atoms with Crippen molar-refractivity contribution in [3.05, 3.63) is 29.8 Å². The van der Waals surface area contributed by atoms with Crippen molar-refractivity contribution in [1.29, 1.82) is 5.26 Å². The van der Waals surface area contributed by atoms with Crippen molar-refractivity contribution < 1.29 is 72.0 Å². The Bertz CT molecular complexity index is 2080. The molecule has 0 radical (unpaired) electrons. The van der Waals surface area contributed by atoms with Gasteiger partial charge in [-0.25, -0.2) is 17.9 Å². The number of aliphatic hydroxyl groups excluding tert-OH is 3. The van der Waals surface area contributed by atoms with E-state index in [1.165, 1.54) is 25.0 Å². The molecule has 0 aromatic heterocycles. The molecule has 1 unspecified atom stereocenters. The number of rotatable bonds is 15. The van der Waals surface area contributed by atoms with Gasteiger partial charge in [-0.15, -0.1) is 0 Å². The lowest BCUT2D eigenvalue weighted by molar-refractivity contribution is -0.318. The molecule has 3 aliphatic heterocycles. The van der Waals surface area contributed by atoms with Crippen LogP contribution in [0.15, 0.2) is 29.2 Å². The molecule has 412 valence electrons. The number of benzene rings is 1. The van der Waals surface area contributed by atoms with Crippen LogP contribution < -0.4 is 4.72 Å². The number of amides is 2. The fourth-order valence-corrected chi connectivity index (χ4v) is 12.2. The largest absolute Gasteiger partial charge is 0.459 e. The van der Waals surface area contributed by atoms with Gasteiger partial charge in [-0.2, -0.15) is 5.26 Å². The van der Waals surface area contributed by atoms with Gasteiger partial charge in [-0.1, -0.05) is 39.0 Å². The van der Waals surface area contributed by atoms with E-state index in [2.05, 4.69) is 4.72 Å². The SMILES string of the molecule is CC[C@H]1OC(=O)[C@H](C)[C@@H](OC2C[C@](C)(OC)[C@H](O)[C@@H](C)O2)[C@@H](C)[C@@H](O[C@H]2O[C@@H](C)C[C@H](N(C)C)[C@@H]2O)[C@](C)(O)C[C@@H](C)CN(CCCN(CCC#N)C(=O)NS(=O)(=O)c2ccccc2C)[C@H](C)[C@@H](O)[C@]1(C)O. The Balaban J connectivity index is 1.78. The molecule has 3 heterocycles. The number of likely N-dealkylation sites (N-methyl/N-ethyl adjacent to an activating group) is 1. The van der Waals surface area contributed by atoms with E-state index < -0.39 is 118 Å². The molecule has 3 aliphatic rings. The molecule has 1 aromatic rings. The zero-order chi connectivity index (χ0) is 54.3. The summed E-state index contributed by atoms with van der Waals surface area (Å²) in [5, 5.41) is 69.7. The van der Waals surface area contributed by atoms with E-state index in [0.29, 0.717) is 12.0 Å². The third kappa shape index (κ3) is 14.9. The Labute approximate surface area is 428 Å². The molecule has 21 heteroatoms. The molecule has 20 nitrogen and oxygen atoms in total. The molecule has 0 aliphatic carbocycles. The average molecular weight is 1040 g/mol. The lowest BCUT2D eigenvalue weighted by Crippen LogP contribution is -2.60. The third-order valence-corrected chi connectivity index (χ3v) is 16.8. The highest BCUT2D eigenvalue weighted by Crippen LogP contribution is 2.40. The predicted molar refractivity (Wildman–Crippen MR) is 266 cm³/mol. The van der Waals surface area contributed by atoms with E-state index in [1.54, 1.807) is 73.6 Å². The molecule has 1 aromatic carbocycles. The van der Waals surface area contributed by atoms with Crippen LogP contribution in [0, 0.1) is 36.0 Å². The lowest BCUT2D eigenvalue weighted by Gasteiger charge is -2.48. The van der Waals surface area contributed by atoms with Crippen LogP contribution in [0.2, 0.25) is 0 Å². The minimum Gasteiger partial charge on any atom is -0.459 e.